The van der Waals surface area contributed by atoms with Crippen LogP contribution in [0.15, 0.2) is 23.5 Å². The van der Waals surface area contributed by atoms with E-state index in [1.54, 1.807) is 13.2 Å². The number of carbonyl (C=O) groups excluding carboxylic acids is 2. The quantitative estimate of drug-likeness (QED) is 0.464. The van der Waals surface area contributed by atoms with Crippen molar-refractivity contribution in [2.45, 2.75) is 105 Å². The molecule has 4 aliphatic carbocycles. The summed E-state index contributed by atoms with van der Waals surface area (Å²) in [6.07, 6.45) is 6.63. The van der Waals surface area contributed by atoms with Crippen molar-refractivity contribution in [3.63, 3.8) is 0 Å². The molecule has 2 bridgehead atoms. The Labute approximate surface area is 221 Å². The summed E-state index contributed by atoms with van der Waals surface area (Å²) >= 11 is 0. The predicted octanol–water partition coefficient (Wildman–Crippen LogP) is 5.56. The monoisotopic (exact) mass is 512 g/mol. The number of Topliss-reactive ketones (excluding diaryl/α,β-unsaturated/α-hetero) is 2. The minimum atomic E-state index is -0.814. The first-order valence-corrected chi connectivity index (χ1v) is 14.1. The number of ketones is 2. The molecule has 0 aromatic rings. The van der Waals surface area contributed by atoms with E-state index in [4.69, 9.17) is 14.2 Å². The maximum Gasteiger partial charge on any atom is 0.206 e. The highest BCUT2D eigenvalue weighted by atomic mass is 16.7. The Hall–Kier alpha value is -1.50. The highest BCUT2D eigenvalue weighted by molar-refractivity contribution is 6.02. The van der Waals surface area contributed by atoms with Crippen molar-refractivity contribution in [2.75, 3.05) is 7.11 Å². The molecule has 37 heavy (non-hydrogen) atoms. The second-order valence-electron chi connectivity index (χ2n) is 14.8. The van der Waals surface area contributed by atoms with Crippen LogP contribution in [0.1, 0.15) is 81.1 Å². The van der Waals surface area contributed by atoms with Gasteiger partial charge in [0.15, 0.2) is 11.5 Å². The van der Waals surface area contributed by atoms with Gasteiger partial charge in [-0.2, -0.15) is 0 Å². The number of rotatable bonds is 1. The zero-order chi connectivity index (χ0) is 27.1. The Morgan fingerprint density at radius 3 is 2.35 bits per heavy atom. The first kappa shape index (κ1) is 25.8. The van der Waals surface area contributed by atoms with E-state index in [0.717, 1.165) is 18.4 Å². The molecule has 6 heteroatoms. The number of aliphatic hydroxyl groups is 1. The fraction of sp³-hybridized carbons (Fsp3) is 0.806. The van der Waals surface area contributed by atoms with Crippen molar-refractivity contribution < 1.29 is 28.9 Å². The maximum absolute atomic E-state index is 14.4. The van der Waals surface area contributed by atoms with Crippen molar-refractivity contribution in [3.8, 4) is 0 Å². The number of fused-ring (bicyclic) bond motifs is 9. The molecular weight excluding hydrogens is 468 g/mol. The Balaban J connectivity index is 1.48. The van der Waals surface area contributed by atoms with Crippen LogP contribution in [0.25, 0.3) is 0 Å². The van der Waals surface area contributed by atoms with E-state index in [0.29, 0.717) is 12.8 Å². The Morgan fingerprint density at radius 2 is 1.70 bits per heavy atom. The normalized spacial score (nSPS) is 53.3. The van der Waals surface area contributed by atoms with Crippen LogP contribution >= 0.6 is 0 Å². The van der Waals surface area contributed by atoms with E-state index in [2.05, 4.69) is 47.6 Å². The molecule has 6 rings (SSSR count). The molecule has 0 unspecified atom stereocenters. The first-order valence-electron chi connectivity index (χ1n) is 14.1. The summed E-state index contributed by atoms with van der Waals surface area (Å²) in [7, 11) is 1.74. The largest absolute Gasteiger partial charge is 0.505 e. The molecule has 0 aromatic heterocycles. The molecule has 10 atom stereocenters. The molecule has 0 aromatic carbocycles. The summed E-state index contributed by atoms with van der Waals surface area (Å²) < 4.78 is 19.7. The number of allylic oxidation sites excluding steroid dienone is 4. The molecular formula is C31H44O6. The molecule has 0 amide bonds. The average Bonchev–Trinajstić information content (AvgIpc) is 3.14. The summed E-state index contributed by atoms with van der Waals surface area (Å²) in [5, 5.41) is 10.7. The van der Waals surface area contributed by atoms with E-state index < -0.39 is 22.2 Å². The van der Waals surface area contributed by atoms with E-state index in [1.165, 1.54) is 0 Å². The number of hydrogen-bond acceptors (Lipinski definition) is 6. The minimum Gasteiger partial charge on any atom is -0.505 e. The highest BCUT2D eigenvalue weighted by Gasteiger charge is 2.75. The molecule has 0 radical (unpaired) electrons. The van der Waals surface area contributed by atoms with E-state index in [9.17, 15) is 14.7 Å². The first-order chi connectivity index (χ1) is 17.0. The maximum atomic E-state index is 14.4. The fourth-order valence-electron chi connectivity index (χ4n) is 10.3. The molecule has 2 saturated heterocycles. The summed E-state index contributed by atoms with van der Waals surface area (Å²) in [6.45, 7) is 17.0. The van der Waals surface area contributed by atoms with Crippen molar-refractivity contribution in [1.29, 1.82) is 0 Å². The van der Waals surface area contributed by atoms with Gasteiger partial charge in [0.25, 0.3) is 0 Å². The van der Waals surface area contributed by atoms with Crippen LogP contribution in [0.3, 0.4) is 0 Å². The molecule has 6 nitrogen and oxygen atoms in total. The van der Waals surface area contributed by atoms with Crippen LogP contribution < -0.4 is 0 Å². The zero-order valence-electron chi connectivity index (χ0n) is 23.9. The van der Waals surface area contributed by atoms with Crippen LogP contribution in [-0.2, 0) is 23.8 Å². The minimum absolute atomic E-state index is 0.0176. The van der Waals surface area contributed by atoms with Crippen molar-refractivity contribution >= 4 is 11.6 Å². The summed E-state index contributed by atoms with van der Waals surface area (Å²) in [6, 6.07) is 0. The smallest absolute Gasteiger partial charge is 0.206 e. The predicted molar refractivity (Wildman–Crippen MR) is 139 cm³/mol. The average molecular weight is 513 g/mol. The molecule has 4 fully saturated rings. The molecule has 2 aliphatic heterocycles. The Kier molecular flexibility index (Phi) is 4.99. The van der Waals surface area contributed by atoms with E-state index >= 15 is 0 Å². The number of carbonyl (C=O) groups is 2. The van der Waals surface area contributed by atoms with Gasteiger partial charge in [-0.3, -0.25) is 9.59 Å². The lowest BCUT2D eigenvalue weighted by Crippen LogP contribution is -2.63. The fourth-order valence-corrected chi connectivity index (χ4v) is 10.3. The zero-order valence-corrected chi connectivity index (χ0v) is 23.9. The van der Waals surface area contributed by atoms with E-state index in [-0.39, 0.29) is 64.0 Å². The molecule has 0 spiro atoms. The van der Waals surface area contributed by atoms with Crippen LogP contribution in [0.2, 0.25) is 0 Å². The number of aliphatic hydroxyl groups excluding tert-OH is 1. The van der Waals surface area contributed by atoms with Crippen LogP contribution in [0, 0.1) is 45.3 Å². The lowest BCUT2D eigenvalue weighted by atomic mass is 9.39. The lowest BCUT2D eigenvalue weighted by Gasteiger charge is -2.63. The third-order valence-electron chi connectivity index (χ3n) is 12.7. The number of ether oxygens (including phenoxy) is 3. The number of hydrogen-bond donors (Lipinski definition) is 1. The van der Waals surface area contributed by atoms with Crippen LogP contribution in [0.5, 0.6) is 0 Å². The number of methoxy groups -OCH3 is 1. The second kappa shape index (κ2) is 7.17. The summed E-state index contributed by atoms with van der Waals surface area (Å²) in [5.74, 6) is -0.989. The van der Waals surface area contributed by atoms with E-state index in [1.807, 2.05) is 13.8 Å². The summed E-state index contributed by atoms with van der Waals surface area (Å²) in [4.78, 5) is 27.3. The Morgan fingerprint density at radius 1 is 1.03 bits per heavy atom. The Bertz CT molecular complexity index is 1150. The van der Waals surface area contributed by atoms with Gasteiger partial charge in [0.2, 0.25) is 5.78 Å². The highest BCUT2D eigenvalue weighted by Crippen LogP contribution is 2.75. The van der Waals surface area contributed by atoms with Gasteiger partial charge >= 0.3 is 0 Å². The van der Waals surface area contributed by atoms with Crippen LogP contribution in [-0.4, -0.2) is 47.4 Å². The molecule has 2 heterocycles. The van der Waals surface area contributed by atoms with Gasteiger partial charge in [0.05, 0.1) is 23.2 Å². The second-order valence-corrected chi connectivity index (χ2v) is 14.8. The molecule has 1 N–H and O–H groups in total. The lowest BCUT2D eigenvalue weighted by molar-refractivity contribution is -0.287. The van der Waals surface area contributed by atoms with Gasteiger partial charge in [0, 0.05) is 37.2 Å². The van der Waals surface area contributed by atoms with Crippen molar-refractivity contribution in [2.24, 2.45) is 45.3 Å². The standard InChI is InChI=1S/C31H44O6/c1-16-24-20(36-23-15-31(16,35-9)37-27(23,4)5)13-28(6)21-11-10-17-18(12-19(32)25(34)26(17,2)3)30(21,8)22(33)14-29(24,28)7/h10,12,16,18,20-21,23-24,32H,11,13-15H2,1-9H3/t16-,18+,20+,21-,23-,24+,28-,29+,30-,31-/m0/s1. The van der Waals surface area contributed by atoms with Gasteiger partial charge < -0.3 is 19.3 Å². The molecule has 6 aliphatic rings. The van der Waals surface area contributed by atoms with Crippen molar-refractivity contribution in [3.05, 3.63) is 23.5 Å². The SMILES string of the molecule is CO[C@]12C[C@H](O[C@@H]3C[C@@]4(C)[C@@H]5CC=C6[C@@H](C=C(O)C(=O)C6(C)C)[C@]5(C)C(=O)C[C@]4(C)[C@@H]3[C@@H]1C)C(C)(C)O2. The van der Waals surface area contributed by atoms with Gasteiger partial charge in [-0.1, -0.05) is 39.3 Å². The molecule has 204 valence electrons. The third-order valence-corrected chi connectivity index (χ3v) is 12.7. The third kappa shape index (κ3) is 2.78. The van der Waals surface area contributed by atoms with Gasteiger partial charge in [0.1, 0.15) is 5.78 Å². The summed E-state index contributed by atoms with van der Waals surface area (Å²) in [5.41, 5.74) is -1.43. The van der Waals surface area contributed by atoms with Crippen LogP contribution in [0.4, 0.5) is 0 Å². The topological polar surface area (TPSA) is 82.1 Å². The van der Waals surface area contributed by atoms with Gasteiger partial charge in [-0.15, -0.1) is 0 Å². The van der Waals surface area contributed by atoms with Gasteiger partial charge in [-0.25, -0.2) is 0 Å². The van der Waals surface area contributed by atoms with Gasteiger partial charge in [-0.05, 0) is 69.3 Å². The molecule has 2 saturated carbocycles. The van der Waals surface area contributed by atoms with Crippen molar-refractivity contribution in [1.82, 2.24) is 0 Å².